The molecule has 1 unspecified atom stereocenters. The molecule has 0 heterocycles. The molecule has 0 aromatic rings. The van der Waals surface area contributed by atoms with E-state index in [0.717, 1.165) is 13.1 Å². The van der Waals surface area contributed by atoms with Gasteiger partial charge in [-0.1, -0.05) is 20.4 Å². The molecule has 2 heteroatoms. The van der Waals surface area contributed by atoms with Crippen LogP contribution in [0.15, 0.2) is 12.0 Å². The van der Waals surface area contributed by atoms with Crippen LogP contribution in [0.5, 0.6) is 0 Å². The zero-order chi connectivity index (χ0) is 7.98. The summed E-state index contributed by atoms with van der Waals surface area (Å²) in [4.78, 5) is 2.40. The van der Waals surface area contributed by atoms with Crippen LogP contribution in [0.3, 0.4) is 0 Å². The molecule has 60 valence electrons. The molecule has 0 fully saturated rings. The van der Waals surface area contributed by atoms with Crippen molar-refractivity contribution in [2.45, 2.75) is 26.1 Å². The van der Waals surface area contributed by atoms with E-state index in [1.807, 2.05) is 5.41 Å². The average Bonchev–Trinajstić information content (AvgIpc) is 1.91. The summed E-state index contributed by atoms with van der Waals surface area (Å²) in [5.74, 6) is 0. The molecule has 10 heavy (non-hydrogen) atoms. The summed E-state index contributed by atoms with van der Waals surface area (Å²) in [6.45, 7) is 12.5. The largest absolute Gasteiger partial charge is 0.292 e. The van der Waals surface area contributed by atoms with Crippen molar-refractivity contribution in [2.24, 2.45) is 0 Å². The first kappa shape index (κ1) is 10.0. The van der Waals surface area contributed by atoms with Crippen molar-refractivity contribution in [3.8, 4) is 0 Å². The van der Waals surface area contributed by atoms with Gasteiger partial charge >= 0.3 is 0 Å². The second-order valence-corrected chi connectivity index (χ2v) is 3.41. The van der Waals surface area contributed by atoms with E-state index in [-0.39, 0.29) is 0 Å². The topological polar surface area (TPSA) is 3.24 Å². The van der Waals surface area contributed by atoms with Crippen LogP contribution in [-0.4, -0.2) is 23.4 Å². The predicted octanol–water partition coefficient (Wildman–Crippen LogP) is 2.55. The summed E-state index contributed by atoms with van der Waals surface area (Å²) in [7, 11) is 0. The molecule has 0 rings (SSSR count). The minimum absolute atomic E-state index is 0.576. The molecule has 0 aromatic heterocycles. The first-order valence-corrected chi connectivity index (χ1v) is 4.70. The molecule has 0 saturated heterocycles. The lowest BCUT2D eigenvalue weighted by molar-refractivity contribution is 0.298. The van der Waals surface area contributed by atoms with E-state index in [2.05, 4.69) is 32.3 Å². The standard InChI is InChI=1S/C8H17NS/c1-5-9(6-2)8(4)10-7-3/h7-8H,3,5-6H2,1-2,4H3. The highest BCUT2D eigenvalue weighted by atomic mass is 32.2. The molecule has 0 spiro atoms. The van der Waals surface area contributed by atoms with Gasteiger partial charge in [0.2, 0.25) is 0 Å². The third-order valence-electron chi connectivity index (χ3n) is 1.62. The summed E-state index contributed by atoms with van der Waals surface area (Å²) < 4.78 is 0. The monoisotopic (exact) mass is 159 g/mol. The van der Waals surface area contributed by atoms with Gasteiger partial charge in [-0.25, -0.2) is 0 Å². The van der Waals surface area contributed by atoms with Gasteiger partial charge in [-0.2, -0.15) is 0 Å². The third kappa shape index (κ3) is 3.28. The fourth-order valence-electron chi connectivity index (χ4n) is 0.963. The number of thioether (sulfide) groups is 1. The predicted molar refractivity (Wildman–Crippen MR) is 50.2 cm³/mol. The maximum Gasteiger partial charge on any atom is 0.0569 e. The van der Waals surface area contributed by atoms with Gasteiger partial charge in [-0.15, -0.1) is 11.8 Å². The highest BCUT2D eigenvalue weighted by Gasteiger charge is 2.06. The molecule has 0 radical (unpaired) electrons. The molecule has 0 amide bonds. The van der Waals surface area contributed by atoms with Gasteiger partial charge in [0.15, 0.2) is 0 Å². The number of rotatable bonds is 5. The fraction of sp³-hybridized carbons (Fsp3) is 0.750. The number of hydrogen-bond acceptors (Lipinski definition) is 2. The van der Waals surface area contributed by atoms with Gasteiger partial charge < -0.3 is 0 Å². The Hall–Kier alpha value is 0.0500. The smallest absolute Gasteiger partial charge is 0.0569 e. The van der Waals surface area contributed by atoms with E-state index in [4.69, 9.17) is 0 Å². The van der Waals surface area contributed by atoms with Crippen LogP contribution in [0.25, 0.3) is 0 Å². The Balaban J connectivity index is 3.63. The fourth-order valence-corrected chi connectivity index (χ4v) is 1.71. The SMILES string of the molecule is C=CSC(C)N(CC)CC. The summed E-state index contributed by atoms with van der Waals surface area (Å²) in [5.41, 5.74) is 0. The minimum Gasteiger partial charge on any atom is -0.292 e. The molecule has 0 aliphatic carbocycles. The molecule has 0 aliphatic rings. The van der Waals surface area contributed by atoms with Crippen LogP contribution >= 0.6 is 11.8 Å². The van der Waals surface area contributed by atoms with Gasteiger partial charge in [-0.3, -0.25) is 4.90 Å². The summed E-state index contributed by atoms with van der Waals surface area (Å²) in [6, 6.07) is 0. The molecular formula is C8H17NS. The van der Waals surface area contributed by atoms with Crippen molar-refractivity contribution >= 4 is 11.8 Å². The van der Waals surface area contributed by atoms with Crippen molar-refractivity contribution in [2.75, 3.05) is 13.1 Å². The van der Waals surface area contributed by atoms with Crippen molar-refractivity contribution in [1.29, 1.82) is 0 Å². The number of nitrogens with zero attached hydrogens (tertiary/aromatic N) is 1. The van der Waals surface area contributed by atoms with Gasteiger partial charge in [0.05, 0.1) is 5.37 Å². The molecule has 0 saturated carbocycles. The molecular weight excluding hydrogens is 142 g/mol. The van der Waals surface area contributed by atoms with Crippen LogP contribution in [0.1, 0.15) is 20.8 Å². The van der Waals surface area contributed by atoms with Crippen molar-refractivity contribution in [3.63, 3.8) is 0 Å². The van der Waals surface area contributed by atoms with Gasteiger partial charge in [0.1, 0.15) is 0 Å². The maximum absolute atomic E-state index is 3.69. The Kier molecular flexibility index (Phi) is 5.84. The van der Waals surface area contributed by atoms with Crippen LogP contribution in [0.2, 0.25) is 0 Å². The van der Waals surface area contributed by atoms with Crippen molar-refractivity contribution in [1.82, 2.24) is 4.90 Å². The van der Waals surface area contributed by atoms with Gasteiger partial charge in [0, 0.05) is 0 Å². The van der Waals surface area contributed by atoms with E-state index >= 15 is 0 Å². The first-order valence-electron chi connectivity index (χ1n) is 3.76. The molecule has 0 aromatic carbocycles. The van der Waals surface area contributed by atoms with E-state index in [0.29, 0.717) is 5.37 Å². The first-order chi connectivity index (χ1) is 4.76. The van der Waals surface area contributed by atoms with Crippen LogP contribution < -0.4 is 0 Å². The molecule has 1 nitrogen and oxygen atoms in total. The van der Waals surface area contributed by atoms with Crippen molar-refractivity contribution < 1.29 is 0 Å². The quantitative estimate of drug-likeness (QED) is 0.567. The summed E-state index contributed by atoms with van der Waals surface area (Å²) >= 11 is 1.78. The Morgan fingerprint density at radius 1 is 1.50 bits per heavy atom. The van der Waals surface area contributed by atoms with E-state index < -0.39 is 0 Å². The highest BCUT2D eigenvalue weighted by Crippen LogP contribution is 2.14. The zero-order valence-electron chi connectivity index (χ0n) is 7.13. The second-order valence-electron chi connectivity index (χ2n) is 2.12. The molecule has 0 N–H and O–H groups in total. The Morgan fingerprint density at radius 2 is 2.00 bits per heavy atom. The summed E-state index contributed by atoms with van der Waals surface area (Å²) in [5, 5.41) is 2.48. The lowest BCUT2D eigenvalue weighted by Gasteiger charge is -2.24. The third-order valence-corrected chi connectivity index (χ3v) is 2.50. The second kappa shape index (κ2) is 5.81. The lowest BCUT2D eigenvalue weighted by Crippen LogP contribution is -2.29. The van der Waals surface area contributed by atoms with Crippen LogP contribution in [0, 0.1) is 0 Å². The average molecular weight is 159 g/mol. The van der Waals surface area contributed by atoms with E-state index in [9.17, 15) is 0 Å². The molecule has 1 atom stereocenters. The summed E-state index contributed by atoms with van der Waals surface area (Å²) in [6.07, 6.45) is 0. The Morgan fingerprint density at radius 3 is 2.30 bits per heavy atom. The Labute approximate surface area is 68.5 Å². The normalized spacial score (nSPS) is 13.6. The zero-order valence-corrected chi connectivity index (χ0v) is 7.95. The maximum atomic E-state index is 3.69. The van der Waals surface area contributed by atoms with E-state index in [1.54, 1.807) is 11.8 Å². The molecule has 0 aliphatic heterocycles. The van der Waals surface area contributed by atoms with Gasteiger partial charge in [0.25, 0.3) is 0 Å². The Bertz CT molecular complexity index is 89.3. The lowest BCUT2D eigenvalue weighted by atomic mass is 10.5. The van der Waals surface area contributed by atoms with Crippen LogP contribution in [0.4, 0.5) is 0 Å². The minimum atomic E-state index is 0.576. The molecule has 0 bridgehead atoms. The van der Waals surface area contributed by atoms with E-state index in [1.165, 1.54) is 0 Å². The van der Waals surface area contributed by atoms with Gasteiger partial charge in [-0.05, 0) is 25.4 Å². The highest BCUT2D eigenvalue weighted by molar-refractivity contribution is 8.02. The number of hydrogen-bond donors (Lipinski definition) is 0. The van der Waals surface area contributed by atoms with Crippen molar-refractivity contribution in [3.05, 3.63) is 12.0 Å². The van der Waals surface area contributed by atoms with Crippen LogP contribution in [-0.2, 0) is 0 Å².